The van der Waals surface area contributed by atoms with Crippen molar-refractivity contribution in [3.05, 3.63) is 69.4 Å². The van der Waals surface area contributed by atoms with Crippen molar-refractivity contribution in [2.45, 2.75) is 51.5 Å². The number of hydrogen-bond donors (Lipinski definition) is 2. The molecule has 11 nitrogen and oxygen atoms in total. The third kappa shape index (κ3) is 5.97. The van der Waals surface area contributed by atoms with Gasteiger partial charge in [0.2, 0.25) is 15.9 Å². The summed E-state index contributed by atoms with van der Waals surface area (Å²) in [5, 5.41) is 18.7. The molecule has 37 heavy (non-hydrogen) atoms. The van der Waals surface area contributed by atoms with Crippen molar-refractivity contribution in [1.29, 1.82) is 0 Å². The van der Waals surface area contributed by atoms with Crippen molar-refractivity contribution >= 4 is 21.6 Å². The zero-order valence-corrected chi connectivity index (χ0v) is 21.8. The molecule has 0 radical (unpaired) electrons. The van der Waals surface area contributed by atoms with Crippen LogP contribution in [0.4, 0.5) is 5.69 Å². The molecule has 0 saturated heterocycles. The molecule has 1 aromatic heterocycles. The Morgan fingerprint density at radius 2 is 1.86 bits per heavy atom. The molecule has 0 aliphatic heterocycles. The van der Waals surface area contributed by atoms with E-state index in [2.05, 4.69) is 15.1 Å². The van der Waals surface area contributed by atoms with Crippen LogP contribution in [0.3, 0.4) is 0 Å². The number of sulfonamides is 1. The van der Waals surface area contributed by atoms with Crippen LogP contribution in [0.25, 0.3) is 5.69 Å². The highest BCUT2D eigenvalue weighted by atomic mass is 32.2. The lowest BCUT2D eigenvalue weighted by Crippen LogP contribution is -2.28. The number of hydrogen-bond acceptors (Lipinski definition) is 7. The number of amides is 1. The van der Waals surface area contributed by atoms with E-state index in [0.29, 0.717) is 30.6 Å². The minimum atomic E-state index is -4.12. The van der Waals surface area contributed by atoms with Gasteiger partial charge in [0.05, 0.1) is 10.6 Å². The second-order valence-electron chi connectivity index (χ2n) is 9.52. The van der Waals surface area contributed by atoms with Gasteiger partial charge >= 0.3 is 0 Å². The largest absolute Gasteiger partial charge is 0.437 e. The van der Waals surface area contributed by atoms with E-state index in [1.165, 1.54) is 16.8 Å². The monoisotopic (exact) mass is 527 g/mol. The highest BCUT2D eigenvalue weighted by molar-refractivity contribution is 7.89. The number of rotatable bonds is 10. The van der Waals surface area contributed by atoms with Crippen LogP contribution in [0.5, 0.6) is 11.6 Å². The molecule has 2 N–H and O–H groups in total. The van der Waals surface area contributed by atoms with Gasteiger partial charge in [-0.3, -0.25) is 14.9 Å². The van der Waals surface area contributed by atoms with E-state index in [0.717, 1.165) is 11.6 Å². The van der Waals surface area contributed by atoms with Crippen molar-refractivity contribution in [1.82, 2.24) is 19.8 Å². The fourth-order valence-corrected chi connectivity index (χ4v) is 5.00. The molecular formula is C25H29N5O6S. The summed E-state index contributed by atoms with van der Waals surface area (Å²) in [4.78, 5) is 23.3. The number of aromatic nitrogens is 2. The number of nitro benzene ring substituents is 1. The molecule has 196 valence electrons. The Morgan fingerprint density at radius 1 is 1.19 bits per heavy atom. The summed E-state index contributed by atoms with van der Waals surface area (Å²) in [6.45, 7) is 7.97. The van der Waals surface area contributed by atoms with Gasteiger partial charge in [0, 0.05) is 30.3 Å². The Labute approximate surface area is 215 Å². The van der Waals surface area contributed by atoms with Gasteiger partial charge < -0.3 is 10.1 Å². The van der Waals surface area contributed by atoms with Crippen LogP contribution in [0.1, 0.15) is 48.3 Å². The molecule has 0 bridgehead atoms. The summed E-state index contributed by atoms with van der Waals surface area (Å²) >= 11 is 0. The van der Waals surface area contributed by atoms with E-state index in [4.69, 9.17) is 4.74 Å². The van der Waals surface area contributed by atoms with E-state index in [1.807, 2.05) is 32.9 Å². The van der Waals surface area contributed by atoms with Gasteiger partial charge in [0.25, 0.3) is 11.6 Å². The molecule has 1 fully saturated rings. The molecule has 12 heteroatoms. The molecule has 4 rings (SSSR count). The molecule has 0 spiro atoms. The predicted molar refractivity (Wildman–Crippen MR) is 137 cm³/mol. The summed E-state index contributed by atoms with van der Waals surface area (Å²) in [6, 6.07) is 10.5. The summed E-state index contributed by atoms with van der Waals surface area (Å²) < 4.78 is 36.3. The van der Waals surface area contributed by atoms with Crippen molar-refractivity contribution in [3.8, 4) is 17.3 Å². The average molecular weight is 528 g/mol. The summed E-state index contributed by atoms with van der Waals surface area (Å²) in [7, 11) is -4.12. The molecule has 0 atom stereocenters. The first-order valence-electron chi connectivity index (χ1n) is 11.9. The van der Waals surface area contributed by atoms with Gasteiger partial charge in [-0.2, -0.15) is 9.78 Å². The van der Waals surface area contributed by atoms with Crippen LogP contribution in [0.2, 0.25) is 0 Å². The molecule has 0 unspecified atom stereocenters. The number of nitro groups is 1. The maximum absolute atomic E-state index is 13.1. The summed E-state index contributed by atoms with van der Waals surface area (Å²) in [5.74, 6) is -0.167. The van der Waals surface area contributed by atoms with Gasteiger partial charge in [-0.25, -0.2) is 13.1 Å². The first-order chi connectivity index (χ1) is 17.5. The van der Waals surface area contributed by atoms with Gasteiger partial charge in [0.1, 0.15) is 10.6 Å². The van der Waals surface area contributed by atoms with Crippen molar-refractivity contribution in [2.75, 3.05) is 6.54 Å². The lowest BCUT2D eigenvalue weighted by atomic mass is 10.2. The van der Waals surface area contributed by atoms with E-state index in [9.17, 15) is 23.3 Å². The van der Waals surface area contributed by atoms with Crippen LogP contribution in [-0.4, -0.2) is 41.6 Å². The van der Waals surface area contributed by atoms with Crippen molar-refractivity contribution < 1.29 is 22.9 Å². The minimum Gasteiger partial charge on any atom is -0.437 e. The number of ether oxygens (including phenoxy) is 1. The fraction of sp³-hybridized carbons (Fsp3) is 0.360. The Morgan fingerprint density at radius 3 is 2.46 bits per heavy atom. The lowest BCUT2D eigenvalue weighted by molar-refractivity contribution is -0.385. The number of non-ortho nitro benzene ring substituents is 1. The second-order valence-corrected chi connectivity index (χ2v) is 11.2. The van der Waals surface area contributed by atoms with E-state index in [-0.39, 0.29) is 39.9 Å². The molecule has 1 amide bonds. The third-order valence-electron chi connectivity index (χ3n) is 5.77. The number of carbonyl (C=O) groups is 1. The maximum atomic E-state index is 13.1. The molecule has 1 aliphatic carbocycles. The Hall–Kier alpha value is -3.77. The van der Waals surface area contributed by atoms with Gasteiger partial charge in [-0.15, -0.1) is 0 Å². The van der Waals surface area contributed by atoms with Crippen LogP contribution in [-0.2, 0) is 10.0 Å². The molecule has 3 aromatic rings. The summed E-state index contributed by atoms with van der Waals surface area (Å²) in [6.07, 6.45) is 1.39. The van der Waals surface area contributed by atoms with Crippen LogP contribution in [0, 0.1) is 29.9 Å². The van der Waals surface area contributed by atoms with E-state index in [1.54, 1.807) is 19.1 Å². The van der Waals surface area contributed by atoms with Crippen LogP contribution >= 0.6 is 0 Å². The zero-order chi connectivity index (χ0) is 26.9. The first-order valence-corrected chi connectivity index (χ1v) is 13.4. The van der Waals surface area contributed by atoms with Gasteiger partial charge in [0.15, 0.2) is 5.69 Å². The lowest BCUT2D eigenvalue weighted by Gasteiger charge is -2.14. The van der Waals surface area contributed by atoms with Gasteiger partial charge in [-0.1, -0.05) is 31.5 Å². The van der Waals surface area contributed by atoms with Crippen LogP contribution in [0.15, 0.2) is 47.4 Å². The predicted octanol–water partition coefficient (Wildman–Crippen LogP) is 4.02. The second kappa shape index (κ2) is 10.3. The average Bonchev–Trinajstić information content (AvgIpc) is 3.59. The van der Waals surface area contributed by atoms with Crippen molar-refractivity contribution in [3.63, 3.8) is 0 Å². The Kier molecular flexibility index (Phi) is 7.32. The fourth-order valence-electron chi connectivity index (χ4n) is 3.55. The number of nitrogens with one attached hydrogen (secondary N) is 2. The highest BCUT2D eigenvalue weighted by Crippen LogP contribution is 2.36. The number of nitrogens with zero attached hydrogens (tertiary/aromatic N) is 3. The first kappa shape index (κ1) is 26.3. The summed E-state index contributed by atoms with van der Waals surface area (Å²) in [5.41, 5.74) is 1.73. The Bertz CT molecular complexity index is 1440. The maximum Gasteiger partial charge on any atom is 0.272 e. The highest BCUT2D eigenvalue weighted by Gasteiger charge is 2.32. The van der Waals surface area contributed by atoms with E-state index >= 15 is 0 Å². The van der Waals surface area contributed by atoms with Gasteiger partial charge in [-0.05, 0) is 50.8 Å². The number of aryl methyl sites for hydroxylation is 1. The molecular weight excluding hydrogens is 498 g/mol. The van der Waals surface area contributed by atoms with Crippen molar-refractivity contribution in [2.24, 2.45) is 5.92 Å². The van der Waals surface area contributed by atoms with Crippen LogP contribution < -0.4 is 14.8 Å². The van der Waals surface area contributed by atoms with E-state index < -0.39 is 20.9 Å². The zero-order valence-electron chi connectivity index (χ0n) is 21.0. The molecule has 2 aromatic carbocycles. The number of carbonyl (C=O) groups excluding carboxylic acids is 1. The number of benzene rings is 2. The molecule has 1 heterocycles. The minimum absolute atomic E-state index is 0.121. The molecule has 1 saturated carbocycles. The topological polar surface area (TPSA) is 145 Å². The quantitative estimate of drug-likeness (QED) is 0.299. The smallest absolute Gasteiger partial charge is 0.272 e. The Balaban J connectivity index is 1.82. The SMILES string of the molecule is Cc1ccc(-n2nc(C(=O)NCC(C)C)c(C)c2Oc2ccc([N+](=O)[O-])cc2S(=O)(=O)NC2CC2)cc1. The standard InChI is InChI=1S/C25H29N5O6S/c1-15(2)14-26-24(31)23-17(4)25(29(27-23)19-9-5-16(3)6-10-19)36-21-12-11-20(30(32)33)13-22(21)37(34,35)28-18-7-8-18/h5-6,9-13,15,18,28H,7-8,14H2,1-4H3,(H,26,31). The molecule has 1 aliphatic rings. The normalized spacial score (nSPS) is 13.5. The third-order valence-corrected chi connectivity index (χ3v) is 7.31.